The van der Waals surface area contributed by atoms with Crippen LogP contribution < -0.4 is 5.73 Å². The topological polar surface area (TPSA) is 26.0 Å². The normalized spacial score (nSPS) is 18.4. The maximum atomic E-state index is 6.05. The first-order valence-electron chi connectivity index (χ1n) is 8.14. The van der Waals surface area contributed by atoms with Gasteiger partial charge in [0.15, 0.2) is 0 Å². The van der Waals surface area contributed by atoms with E-state index in [4.69, 9.17) is 5.73 Å². The van der Waals surface area contributed by atoms with E-state index in [-0.39, 0.29) is 0 Å². The molecule has 1 nitrogen and oxygen atoms in total. The monoisotopic (exact) mass is 259 g/mol. The highest BCUT2D eigenvalue weighted by Crippen LogP contribution is 2.35. The van der Waals surface area contributed by atoms with Gasteiger partial charge in [0.2, 0.25) is 0 Å². The van der Waals surface area contributed by atoms with E-state index in [1.54, 1.807) is 0 Å². The zero-order valence-electron chi connectivity index (χ0n) is 12.4. The van der Waals surface area contributed by atoms with Gasteiger partial charge in [-0.05, 0) is 55.2 Å². The van der Waals surface area contributed by atoms with Gasteiger partial charge in [-0.1, -0.05) is 56.9 Å². The molecule has 0 bridgehead atoms. The molecule has 0 saturated heterocycles. The maximum Gasteiger partial charge on any atom is -0.000556 e. The van der Waals surface area contributed by atoms with Gasteiger partial charge in [0.05, 0.1) is 0 Å². The van der Waals surface area contributed by atoms with Gasteiger partial charge in [-0.2, -0.15) is 0 Å². The highest BCUT2D eigenvalue weighted by molar-refractivity contribution is 5.26. The smallest absolute Gasteiger partial charge is 0.000556 e. The van der Waals surface area contributed by atoms with Crippen molar-refractivity contribution in [2.24, 2.45) is 11.7 Å². The summed E-state index contributed by atoms with van der Waals surface area (Å²) in [5, 5.41) is 0. The first-order valence-corrected chi connectivity index (χ1v) is 8.14. The van der Waals surface area contributed by atoms with Gasteiger partial charge in [0.1, 0.15) is 0 Å². The van der Waals surface area contributed by atoms with Crippen molar-refractivity contribution in [3.63, 3.8) is 0 Å². The number of benzene rings is 1. The molecule has 1 unspecified atom stereocenters. The summed E-state index contributed by atoms with van der Waals surface area (Å²) in [4.78, 5) is 0. The van der Waals surface area contributed by atoms with Crippen LogP contribution in [0.25, 0.3) is 0 Å². The molecule has 2 rings (SSSR count). The van der Waals surface area contributed by atoms with Gasteiger partial charge in [-0.25, -0.2) is 0 Å². The Morgan fingerprint density at radius 1 is 1.11 bits per heavy atom. The zero-order valence-corrected chi connectivity index (χ0v) is 12.4. The van der Waals surface area contributed by atoms with Crippen LogP contribution in [0, 0.1) is 5.92 Å². The Labute approximate surface area is 118 Å². The number of hydrogen-bond donors (Lipinski definition) is 1. The first kappa shape index (κ1) is 14.6. The molecule has 19 heavy (non-hydrogen) atoms. The van der Waals surface area contributed by atoms with Gasteiger partial charge < -0.3 is 5.73 Å². The first-order chi connectivity index (χ1) is 9.35. The predicted molar refractivity (Wildman–Crippen MR) is 83.4 cm³/mol. The number of unbranched alkanes of at least 4 members (excludes halogenated alkanes) is 1. The lowest BCUT2D eigenvalue weighted by Gasteiger charge is -2.29. The lowest BCUT2D eigenvalue weighted by molar-refractivity contribution is 0.307. The van der Waals surface area contributed by atoms with Crippen molar-refractivity contribution >= 4 is 0 Å². The summed E-state index contributed by atoms with van der Waals surface area (Å²) in [5.74, 6) is 1.40. The van der Waals surface area contributed by atoms with E-state index >= 15 is 0 Å². The van der Waals surface area contributed by atoms with Crippen molar-refractivity contribution in [3.8, 4) is 0 Å². The van der Waals surface area contributed by atoms with E-state index in [1.807, 2.05) is 0 Å². The van der Waals surface area contributed by atoms with Crippen molar-refractivity contribution < 1.29 is 0 Å². The van der Waals surface area contributed by atoms with Gasteiger partial charge >= 0.3 is 0 Å². The van der Waals surface area contributed by atoms with Gasteiger partial charge in [-0.15, -0.1) is 0 Å². The van der Waals surface area contributed by atoms with E-state index < -0.39 is 0 Å². The third-order valence-corrected chi connectivity index (χ3v) is 4.70. The molecule has 0 aromatic heterocycles. The molecule has 1 atom stereocenters. The fourth-order valence-electron chi connectivity index (χ4n) is 3.45. The molecule has 1 heteroatoms. The Morgan fingerprint density at radius 2 is 1.79 bits per heavy atom. The fraction of sp³-hybridized carbons (Fsp3) is 0.667. The summed E-state index contributed by atoms with van der Waals surface area (Å²) in [7, 11) is 0. The Hall–Kier alpha value is -0.820. The second-order valence-electron chi connectivity index (χ2n) is 6.09. The largest absolute Gasteiger partial charge is 0.330 e. The third-order valence-electron chi connectivity index (χ3n) is 4.70. The Kier molecular flexibility index (Phi) is 5.91. The number of hydrogen-bond acceptors (Lipinski definition) is 1. The highest BCUT2D eigenvalue weighted by atomic mass is 14.6. The van der Waals surface area contributed by atoms with E-state index in [0.29, 0.717) is 5.92 Å². The van der Waals surface area contributed by atoms with Crippen molar-refractivity contribution in [1.29, 1.82) is 0 Å². The maximum absolute atomic E-state index is 6.05. The van der Waals surface area contributed by atoms with Crippen LogP contribution in [0.3, 0.4) is 0 Å². The summed E-state index contributed by atoms with van der Waals surface area (Å²) in [5.41, 5.74) is 9.00. The molecule has 1 saturated carbocycles. The quantitative estimate of drug-likeness (QED) is 0.790. The molecule has 0 aliphatic heterocycles. The van der Waals surface area contributed by atoms with Crippen molar-refractivity contribution in [2.75, 3.05) is 6.54 Å². The molecule has 1 aliphatic carbocycles. The van der Waals surface area contributed by atoms with Gasteiger partial charge in [0, 0.05) is 0 Å². The van der Waals surface area contributed by atoms with Crippen molar-refractivity contribution in [2.45, 2.75) is 64.2 Å². The Balaban J connectivity index is 2.01. The molecule has 1 aliphatic rings. The molecule has 0 spiro atoms. The van der Waals surface area contributed by atoms with Crippen LogP contribution in [0.1, 0.15) is 68.9 Å². The highest BCUT2D eigenvalue weighted by Gasteiger charge is 2.23. The van der Waals surface area contributed by atoms with Gasteiger partial charge in [-0.3, -0.25) is 0 Å². The Morgan fingerprint density at radius 3 is 2.37 bits per heavy atom. The van der Waals surface area contributed by atoms with Crippen molar-refractivity contribution in [3.05, 3.63) is 35.4 Å². The molecule has 0 amide bonds. The standard InChI is InChI=1S/C18H29N/c1-2-3-7-15-10-12-17(13-11-15)18(14-19)16-8-5-4-6-9-16/h10-13,16,18H,2-9,14,19H2,1H3. The molecule has 2 N–H and O–H groups in total. The second-order valence-corrected chi connectivity index (χ2v) is 6.09. The minimum absolute atomic E-state index is 0.584. The molecule has 0 heterocycles. The SMILES string of the molecule is CCCCc1ccc(C(CN)C2CCCCC2)cc1. The van der Waals surface area contributed by atoms with Gasteiger partial charge in [0.25, 0.3) is 0 Å². The van der Waals surface area contributed by atoms with E-state index in [2.05, 4.69) is 31.2 Å². The molecular formula is C18H29N. The minimum atomic E-state index is 0.584. The molecule has 1 aromatic rings. The summed E-state index contributed by atoms with van der Waals surface area (Å²) in [6, 6.07) is 9.29. The number of nitrogens with two attached hydrogens (primary N) is 1. The van der Waals surface area contributed by atoms with E-state index in [9.17, 15) is 0 Å². The third kappa shape index (κ3) is 4.07. The van der Waals surface area contributed by atoms with Crippen LogP contribution in [0.2, 0.25) is 0 Å². The van der Waals surface area contributed by atoms with Crippen LogP contribution in [-0.2, 0) is 6.42 Å². The molecule has 1 fully saturated rings. The van der Waals surface area contributed by atoms with E-state index in [1.165, 1.54) is 62.5 Å². The predicted octanol–water partition coefficient (Wildman–Crippen LogP) is 4.65. The van der Waals surface area contributed by atoms with Crippen LogP contribution in [0.5, 0.6) is 0 Å². The van der Waals surface area contributed by atoms with Crippen LogP contribution in [-0.4, -0.2) is 6.54 Å². The average molecular weight is 259 g/mol. The molecule has 1 aromatic carbocycles. The summed E-state index contributed by atoms with van der Waals surface area (Å²) in [6.07, 6.45) is 10.7. The molecular weight excluding hydrogens is 230 g/mol. The average Bonchev–Trinajstić information content (AvgIpc) is 2.48. The summed E-state index contributed by atoms with van der Waals surface area (Å²) < 4.78 is 0. The lowest BCUT2D eigenvalue weighted by Crippen LogP contribution is -2.23. The number of aryl methyl sites for hydroxylation is 1. The number of rotatable bonds is 6. The Bertz CT molecular complexity index is 348. The molecule has 106 valence electrons. The summed E-state index contributed by atoms with van der Waals surface area (Å²) in [6.45, 7) is 3.06. The molecule has 0 radical (unpaired) electrons. The van der Waals surface area contributed by atoms with Crippen LogP contribution >= 0.6 is 0 Å². The van der Waals surface area contributed by atoms with Crippen LogP contribution in [0.4, 0.5) is 0 Å². The van der Waals surface area contributed by atoms with Crippen molar-refractivity contribution in [1.82, 2.24) is 0 Å². The fourth-order valence-corrected chi connectivity index (χ4v) is 3.45. The van der Waals surface area contributed by atoms with Crippen LogP contribution in [0.15, 0.2) is 24.3 Å². The zero-order chi connectivity index (χ0) is 13.5. The second kappa shape index (κ2) is 7.69. The van der Waals surface area contributed by atoms with E-state index in [0.717, 1.165) is 12.5 Å². The lowest BCUT2D eigenvalue weighted by atomic mass is 9.77. The minimum Gasteiger partial charge on any atom is -0.330 e. The summed E-state index contributed by atoms with van der Waals surface area (Å²) >= 11 is 0.